The van der Waals surface area contributed by atoms with E-state index < -0.39 is 11.5 Å². The van der Waals surface area contributed by atoms with E-state index >= 15 is 0 Å². The third-order valence-electron chi connectivity index (χ3n) is 4.08. The van der Waals surface area contributed by atoms with Gasteiger partial charge in [0.15, 0.2) is 0 Å². The summed E-state index contributed by atoms with van der Waals surface area (Å²) < 4.78 is 7.49. The first-order valence-corrected chi connectivity index (χ1v) is 9.20. The van der Waals surface area contributed by atoms with Crippen LogP contribution in [0.15, 0.2) is 4.60 Å². The number of ether oxygens (including phenoxy) is 1. The molecule has 0 aliphatic carbocycles. The van der Waals surface area contributed by atoms with Crippen molar-refractivity contribution in [3.8, 4) is 0 Å². The number of nitrogens with two attached hydrogens (primary N) is 2. The molecule has 2 amide bonds. The number of hydrogen-bond acceptors (Lipinski definition) is 5. The second-order valence-corrected chi connectivity index (χ2v) is 8.02. The minimum Gasteiger partial charge on any atom is -0.444 e. The normalized spacial score (nSPS) is 17.0. The molecule has 0 bridgehead atoms. The number of carbonyl (C=O) groups excluding carboxylic acids is 2. The van der Waals surface area contributed by atoms with E-state index in [0.29, 0.717) is 17.7 Å². The molecule has 9 heteroatoms. The van der Waals surface area contributed by atoms with Gasteiger partial charge >= 0.3 is 6.09 Å². The molecule has 1 saturated heterocycles. The van der Waals surface area contributed by atoms with E-state index in [1.165, 1.54) is 0 Å². The van der Waals surface area contributed by atoms with Crippen LogP contribution in [0.5, 0.6) is 0 Å². The van der Waals surface area contributed by atoms with E-state index in [1.54, 1.807) is 9.58 Å². The molecule has 0 atom stereocenters. The van der Waals surface area contributed by atoms with Crippen molar-refractivity contribution >= 4 is 33.7 Å². The predicted octanol–water partition coefficient (Wildman–Crippen LogP) is 2.68. The molecule has 140 valence electrons. The number of primary amides is 1. The van der Waals surface area contributed by atoms with Crippen molar-refractivity contribution in [3.63, 3.8) is 0 Å². The molecule has 25 heavy (non-hydrogen) atoms. The van der Waals surface area contributed by atoms with Crippen LogP contribution in [0.25, 0.3) is 0 Å². The molecular formula is C16H26BrN5O3. The Kier molecular flexibility index (Phi) is 5.97. The number of nitrogens with zero attached hydrogens (tertiary/aromatic N) is 3. The molecule has 2 heterocycles. The number of anilines is 1. The van der Waals surface area contributed by atoms with Crippen LogP contribution in [0.2, 0.25) is 0 Å². The first kappa shape index (κ1) is 19.6. The molecule has 0 saturated carbocycles. The van der Waals surface area contributed by atoms with Gasteiger partial charge in [-0.1, -0.05) is 0 Å². The summed E-state index contributed by atoms with van der Waals surface area (Å²) in [5.41, 5.74) is 11.1. The Morgan fingerprint density at radius 1 is 1.24 bits per heavy atom. The highest BCUT2D eigenvalue weighted by atomic mass is 79.9. The van der Waals surface area contributed by atoms with Crippen molar-refractivity contribution in [2.75, 3.05) is 18.8 Å². The molecule has 1 aromatic heterocycles. The van der Waals surface area contributed by atoms with Crippen molar-refractivity contribution in [2.45, 2.75) is 58.1 Å². The Hall–Kier alpha value is -1.77. The molecule has 0 unspecified atom stereocenters. The van der Waals surface area contributed by atoms with Crippen molar-refractivity contribution in [1.29, 1.82) is 0 Å². The van der Waals surface area contributed by atoms with Crippen molar-refractivity contribution in [3.05, 3.63) is 10.2 Å². The highest BCUT2D eigenvalue weighted by Crippen LogP contribution is 2.30. The highest BCUT2D eigenvalue weighted by Gasteiger charge is 2.27. The molecule has 8 nitrogen and oxygen atoms in total. The maximum atomic E-state index is 12.2. The monoisotopic (exact) mass is 415 g/mol. The van der Waals surface area contributed by atoms with Gasteiger partial charge in [0.1, 0.15) is 21.6 Å². The van der Waals surface area contributed by atoms with Gasteiger partial charge in [-0.15, -0.1) is 0 Å². The quantitative estimate of drug-likeness (QED) is 0.769. The van der Waals surface area contributed by atoms with Crippen molar-refractivity contribution in [1.82, 2.24) is 14.7 Å². The van der Waals surface area contributed by atoms with E-state index in [1.807, 2.05) is 20.8 Å². The summed E-state index contributed by atoms with van der Waals surface area (Å²) in [4.78, 5) is 25.5. The highest BCUT2D eigenvalue weighted by molar-refractivity contribution is 9.10. The fourth-order valence-electron chi connectivity index (χ4n) is 2.97. The lowest BCUT2D eigenvalue weighted by Gasteiger charge is -2.30. The van der Waals surface area contributed by atoms with Gasteiger partial charge in [-0.2, -0.15) is 5.10 Å². The predicted molar refractivity (Wildman–Crippen MR) is 98.2 cm³/mol. The fraction of sp³-hybridized carbons (Fsp3) is 0.688. The lowest BCUT2D eigenvalue weighted by Crippen LogP contribution is -2.39. The van der Waals surface area contributed by atoms with Crippen molar-refractivity contribution in [2.24, 2.45) is 5.73 Å². The lowest BCUT2D eigenvalue weighted by atomic mass is 10.0. The summed E-state index contributed by atoms with van der Waals surface area (Å²) in [7, 11) is 0. The molecular weight excluding hydrogens is 390 g/mol. The molecule has 1 aliphatic rings. The van der Waals surface area contributed by atoms with E-state index in [0.717, 1.165) is 25.7 Å². The van der Waals surface area contributed by atoms with Crippen molar-refractivity contribution < 1.29 is 14.3 Å². The number of amides is 2. The average molecular weight is 416 g/mol. The lowest BCUT2D eigenvalue weighted by molar-refractivity contribution is 0.0228. The van der Waals surface area contributed by atoms with E-state index in [9.17, 15) is 9.59 Å². The summed E-state index contributed by atoms with van der Waals surface area (Å²) in [5, 5.41) is 4.33. The fourth-order valence-corrected chi connectivity index (χ4v) is 3.54. The Balaban J connectivity index is 2.03. The summed E-state index contributed by atoms with van der Waals surface area (Å²) >= 11 is 3.24. The number of likely N-dealkylation sites (tertiary alicyclic amines) is 1. The largest absolute Gasteiger partial charge is 0.444 e. The summed E-state index contributed by atoms with van der Waals surface area (Å²) in [5.74, 6) is -0.313. The van der Waals surface area contributed by atoms with Gasteiger partial charge in [0.25, 0.3) is 5.91 Å². The van der Waals surface area contributed by atoms with E-state index in [-0.39, 0.29) is 23.5 Å². The van der Waals surface area contributed by atoms with Gasteiger partial charge < -0.3 is 21.1 Å². The molecule has 1 aromatic rings. The smallest absolute Gasteiger partial charge is 0.410 e. The zero-order valence-corrected chi connectivity index (χ0v) is 16.5. The van der Waals surface area contributed by atoms with Crippen LogP contribution >= 0.6 is 15.9 Å². The summed E-state index contributed by atoms with van der Waals surface area (Å²) in [6.07, 6.45) is 2.92. The number of carbonyl (C=O) groups is 2. The summed E-state index contributed by atoms with van der Waals surface area (Å²) in [6.45, 7) is 6.83. The van der Waals surface area contributed by atoms with E-state index in [4.69, 9.17) is 16.2 Å². The SMILES string of the molecule is CC(C)(C)OC(=O)N1CCCC(n2nc(Br)c(C(N)=O)c2N)CCC1. The van der Waals surface area contributed by atoms with Crippen LogP contribution < -0.4 is 11.5 Å². The number of aromatic nitrogens is 2. The number of nitrogen functional groups attached to an aromatic ring is 1. The molecule has 1 aliphatic heterocycles. The van der Waals surface area contributed by atoms with Gasteiger partial charge in [0.2, 0.25) is 0 Å². The van der Waals surface area contributed by atoms with Gasteiger partial charge in [-0.25, -0.2) is 9.48 Å². The second-order valence-electron chi connectivity index (χ2n) is 7.27. The number of rotatable bonds is 2. The van der Waals surface area contributed by atoms with Crippen LogP contribution in [-0.2, 0) is 4.74 Å². The van der Waals surface area contributed by atoms with Crippen LogP contribution in [0.4, 0.5) is 10.6 Å². The molecule has 4 N–H and O–H groups in total. The van der Waals surface area contributed by atoms with Crippen LogP contribution in [0.1, 0.15) is 62.9 Å². The Labute approximate surface area is 156 Å². The third-order valence-corrected chi connectivity index (χ3v) is 4.63. The molecule has 0 spiro atoms. The van der Waals surface area contributed by atoms with Crippen LogP contribution in [0, 0.1) is 0 Å². The topological polar surface area (TPSA) is 116 Å². The standard InChI is InChI=1S/C16H26BrN5O3/c1-16(2,3)25-15(24)21-8-4-6-10(7-5-9-21)22-13(18)11(14(19)23)12(17)20-22/h10H,4-9,18H2,1-3H3,(H2,19,23). The Morgan fingerprint density at radius 3 is 2.24 bits per heavy atom. The summed E-state index contributed by atoms with van der Waals surface area (Å²) in [6, 6.07) is 0.0742. The first-order valence-electron chi connectivity index (χ1n) is 8.41. The van der Waals surface area contributed by atoms with Gasteiger partial charge in [0, 0.05) is 13.1 Å². The first-order chi connectivity index (χ1) is 11.6. The van der Waals surface area contributed by atoms with E-state index in [2.05, 4.69) is 21.0 Å². The van der Waals surface area contributed by atoms with Gasteiger partial charge in [0.05, 0.1) is 6.04 Å². The molecule has 0 aromatic carbocycles. The Bertz CT molecular complexity index is 643. The molecule has 0 radical (unpaired) electrons. The van der Waals surface area contributed by atoms with Crippen LogP contribution in [0.3, 0.4) is 0 Å². The van der Waals surface area contributed by atoms with Gasteiger partial charge in [-0.05, 0) is 62.4 Å². The third kappa shape index (κ3) is 4.87. The number of halogens is 1. The molecule has 1 fully saturated rings. The zero-order chi connectivity index (χ0) is 18.8. The maximum absolute atomic E-state index is 12.2. The minimum atomic E-state index is -0.599. The van der Waals surface area contributed by atoms with Gasteiger partial charge in [-0.3, -0.25) is 4.79 Å². The molecule has 2 rings (SSSR count). The second kappa shape index (κ2) is 7.63. The maximum Gasteiger partial charge on any atom is 0.410 e. The average Bonchev–Trinajstić information content (AvgIpc) is 2.71. The zero-order valence-electron chi connectivity index (χ0n) is 14.9. The Morgan fingerprint density at radius 2 is 1.80 bits per heavy atom. The van der Waals surface area contributed by atoms with Crippen LogP contribution in [-0.4, -0.2) is 45.4 Å². The number of hydrogen-bond donors (Lipinski definition) is 2. The minimum absolute atomic E-state index is 0.0742.